The Labute approximate surface area is 352 Å². The van der Waals surface area contributed by atoms with E-state index in [2.05, 4.69) is 84.3 Å². The maximum atomic E-state index is 11.5. The van der Waals surface area contributed by atoms with Crippen molar-refractivity contribution in [3.63, 3.8) is 0 Å². The highest BCUT2D eigenvalue weighted by Gasteiger charge is 2.12. The first-order valence-electron chi connectivity index (χ1n) is 19.5. The molecule has 7 nitrogen and oxygen atoms in total. The maximum Gasteiger partial charge on any atom is 0.337 e. The lowest BCUT2D eigenvalue weighted by Gasteiger charge is -2.12. The molecule has 0 saturated heterocycles. The molecule has 0 atom stereocenters. The molecule has 7 heteroatoms. The van der Waals surface area contributed by atoms with E-state index in [0.717, 1.165) is 50.9 Å². The summed E-state index contributed by atoms with van der Waals surface area (Å²) >= 11 is 0. The van der Waals surface area contributed by atoms with Crippen LogP contribution in [-0.2, 0) is 0 Å². The second kappa shape index (κ2) is 20.6. The van der Waals surface area contributed by atoms with E-state index in [1.54, 1.807) is 20.3 Å². The Morgan fingerprint density at radius 2 is 0.833 bits per heavy atom. The van der Waals surface area contributed by atoms with Gasteiger partial charge in [-0.05, 0) is 131 Å². The smallest absolute Gasteiger partial charge is 0.337 e. The highest BCUT2D eigenvalue weighted by molar-refractivity contribution is 5.96. The normalized spacial score (nSPS) is 10.2. The van der Waals surface area contributed by atoms with Gasteiger partial charge in [-0.25, -0.2) is 4.79 Å². The van der Waals surface area contributed by atoms with Crippen LogP contribution < -0.4 is 25.8 Å². The topological polar surface area (TPSA) is 106 Å². The zero-order valence-electron chi connectivity index (χ0n) is 34.2. The number of methoxy groups -OCH3 is 2. The van der Waals surface area contributed by atoms with Gasteiger partial charge in [-0.2, -0.15) is 0 Å². The molecular formula is C53H49N3O4. The van der Waals surface area contributed by atoms with Crippen LogP contribution in [0.3, 0.4) is 0 Å². The molecule has 0 fully saturated rings. The van der Waals surface area contributed by atoms with Crippen molar-refractivity contribution >= 4 is 34.4 Å². The second-order valence-corrected chi connectivity index (χ2v) is 14.0. The lowest BCUT2D eigenvalue weighted by atomic mass is 10.0. The predicted molar refractivity (Wildman–Crippen MR) is 249 cm³/mol. The van der Waals surface area contributed by atoms with Gasteiger partial charge in [-0.15, -0.1) is 0 Å². The van der Waals surface area contributed by atoms with Crippen molar-refractivity contribution in [2.45, 2.75) is 13.8 Å². The molecule has 0 aromatic heterocycles. The summed E-state index contributed by atoms with van der Waals surface area (Å²) in [7, 11) is 3.28. The van der Waals surface area contributed by atoms with Crippen LogP contribution >= 0.6 is 0 Å². The molecule has 0 bridgehead atoms. The van der Waals surface area contributed by atoms with Crippen molar-refractivity contribution in [2.24, 2.45) is 0 Å². The molecule has 8 aromatic carbocycles. The third kappa shape index (κ3) is 11.4. The summed E-state index contributed by atoms with van der Waals surface area (Å²) in [5.41, 5.74) is 19.6. The van der Waals surface area contributed by atoms with Crippen LogP contribution in [0.15, 0.2) is 194 Å². The minimum Gasteiger partial charge on any atom is -0.497 e. The summed E-state index contributed by atoms with van der Waals surface area (Å²) < 4.78 is 10.3. The highest BCUT2D eigenvalue weighted by Crippen LogP contribution is 2.30. The van der Waals surface area contributed by atoms with Crippen molar-refractivity contribution in [3.8, 4) is 44.9 Å². The summed E-state index contributed by atoms with van der Waals surface area (Å²) in [4.78, 5) is 11.5. The van der Waals surface area contributed by atoms with Crippen molar-refractivity contribution in [1.29, 1.82) is 0 Å². The summed E-state index contributed by atoms with van der Waals surface area (Å²) in [5.74, 6) is 0.642. The van der Waals surface area contributed by atoms with E-state index in [0.29, 0.717) is 5.69 Å². The largest absolute Gasteiger partial charge is 0.497 e. The fraction of sp³-hybridized carbons (Fsp3) is 0.0755. The van der Waals surface area contributed by atoms with Crippen molar-refractivity contribution in [2.75, 3.05) is 30.6 Å². The average molecular weight is 792 g/mol. The fourth-order valence-electron chi connectivity index (χ4n) is 6.32. The zero-order valence-corrected chi connectivity index (χ0v) is 34.2. The average Bonchev–Trinajstić information content (AvgIpc) is 3.30. The van der Waals surface area contributed by atoms with Crippen molar-refractivity contribution < 1.29 is 19.4 Å². The molecule has 5 N–H and O–H groups in total. The third-order valence-electron chi connectivity index (χ3n) is 9.83. The molecule has 0 unspecified atom stereocenters. The number of rotatable bonds is 10. The summed E-state index contributed by atoms with van der Waals surface area (Å²) in [5, 5.41) is 16.1. The number of nitrogens with one attached hydrogen (secondary N) is 2. The number of nitrogen functional groups attached to an aromatic ring is 1. The van der Waals surface area contributed by atoms with E-state index in [4.69, 9.17) is 15.2 Å². The molecule has 0 aliphatic rings. The number of anilines is 5. The Bertz CT molecular complexity index is 2600. The molecule has 8 rings (SSSR count). The summed E-state index contributed by atoms with van der Waals surface area (Å²) in [6.45, 7) is 4.13. The van der Waals surface area contributed by atoms with Crippen LogP contribution in [0.5, 0.6) is 11.5 Å². The van der Waals surface area contributed by atoms with Gasteiger partial charge in [0.25, 0.3) is 0 Å². The van der Waals surface area contributed by atoms with Gasteiger partial charge < -0.3 is 30.9 Å². The van der Waals surface area contributed by atoms with Crippen LogP contribution in [0.4, 0.5) is 28.4 Å². The van der Waals surface area contributed by atoms with Crippen molar-refractivity contribution in [3.05, 3.63) is 211 Å². The maximum absolute atomic E-state index is 11.5. The van der Waals surface area contributed by atoms with Gasteiger partial charge in [0.1, 0.15) is 11.5 Å². The number of hydrogen-bond donors (Lipinski definition) is 4. The number of nitrogens with two attached hydrogens (primary N) is 1. The highest BCUT2D eigenvalue weighted by atomic mass is 16.5. The Morgan fingerprint density at radius 3 is 1.25 bits per heavy atom. The number of aryl methyl sites for hydroxylation is 2. The number of carboxylic acid groups (broad SMARTS) is 1. The van der Waals surface area contributed by atoms with E-state index >= 15 is 0 Å². The van der Waals surface area contributed by atoms with Gasteiger partial charge in [0.15, 0.2) is 0 Å². The SMILES string of the molecule is COc1ccc(Nc2cc(-c3ccccc3)ccc2C(=O)O)cc1.COc1ccc(Nc2cc(-c3ccccc3)ccc2C)cc1.Cc1ccc(-c2ccccc2)cc1N. The number of hydrogen-bond acceptors (Lipinski definition) is 6. The first-order chi connectivity index (χ1) is 29.2. The van der Waals surface area contributed by atoms with Gasteiger partial charge >= 0.3 is 5.97 Å². The van der Waals surface area contributed by atoms with Gasteiger partial charge in [0, 0.05) is 22.7 Å². The minimum atomic E-state index is -0.967. The molecule has 8 aromatic rings. The van der Waals surface area contributed by atoms with Gasteiger partial charge in [-0.1, -0.05) is 121 Å². The number of ether oxygens (including phenoxy) is 2. The molecule has 300 valence electrons. The number of benzene rings is 8. The van der Waals surface area contributed by atoms with Gasteiger partial charge in [0.05, 0.1) is 25.5 Å². The molecule has 0 radical (unpaired) electrons. The standard InChI is InChI=1S/C20H17NO3.C20H19NO.C13H13N/c1-24-17-10-8-16(9-11-17)21-19-13-15(7-12-18(19)20(22)23)14-5-3-2-4-6-14;1-15-8-9-17(16-6-4-3-5-7-16)14-20(15)21-18-10-12-19(22-2)13-11-18;1-10-7-8-12(9-13(10)14)11-5-3-2-4-6-11/h2-13,21H,1H3,(H,22,23);3-14,21H,1-2H3;2-9H,14H2,1H3. The van der Waals surface area contributed by atoms with E-state index in [9.17, 15) is 9.90 Å². The first kappa shape index (κ1) is 41.9. The number of aromatic carboxylic acids is 1. The Hall–Kier alpha value is -7.77. The Morgan fingerprint density at radius 1 is 0.450 bits per heavy atom. The van der Waals surface area contributed by atoms with Crippen LogP contribution in [0.1, 0.15) is 21.5 Å². The van der Waals surface area contributed by atoms with E-state index in [1.165, 1.54) is 27.8 Å². The Kier molecular flexibility index (Phi) is 14.4. The molecule has 0 amide bonds. The number of carbonyl (C=O) groups is 1. The number of carboxylic acids is 1. The van der Waals surface area contributed by atoms with E-state index < -0.39 is 5.97 Å². The minimum absolute atomic E-state index is 0.227. The molecule has 0 heterocycles. The zero-order chi connectivity index (χ0) is 42.3. The summed E-state index contributed by atoms with van der Waals surface area (Å²) in [6.07, 6.45) is 0. The first-order valence-corrected chi connectivity index (χ1v) is 19.5. The quantitative estimate of drug-likeness (QED) is 0.102. The van der Waals surface area contributed by atoms with E-state index in [-0.39, 0.29) is 5.56 Å². The molecule has 0 saturated carbocycles. The van der Waals surface area contributed by atoms with Crippen LogP contribution in [-0.4, -0.2) is 25.3 Å². The second-order valence-electron chi connectivity index (χ2n) is 14.0. The molecule has 0 aliphatic heterocycles. The van der Waals surface area contributed by atoms with Crippen LogP contribution in [0, 0.1) is 13.8 Å². The molecule has 60 heavy (non-hydrogen) atoms. The van der Waals surface area contributed by atoms with Crippen LogP contribution in [0.2, 0.25) is 0 Å². The fourth-order valence-corrected chi connectivity index (χ4v) is 6.32. The summed E-state index contributed by atoms with van der Waals surface area (Å²) in [6, 6.07) is 63.8. The van der Waals surface area contributed by atoms with E-state index in [1.807, 2.05) is 128 Å². The molecule has 0 spiro atoms. The molecule has 0 aliphatic carbocycles. The monoisotopic (exact) mass is 791 g/mol. The van der Waals surface area contributed by atoms with Crippen molar-refractivity contribution in [1.82, 2.24) is 0 Å². The van der Waals surface area contributed by atoms with Gasteiger partial charge in [0.2, 0.25) is 0 Å². The van der Waals surface area contributed by atoms with Gasteiger partial charge in [-0.3, -0.25) is 0 Å². The lowest BCUT2D eigenvalue weighted by molar-refractivity contribution is 0.0698. The predicted octanol–water partition coefficient (Wildman–Crippen LogP) is 13.5. The molecular weight excluding hydrogens is 743 g/mol. The Balaban J connectivity index is 0.000000156. The lowest BCUT2D eigenvalue weighted by Crippen LogP contribution is -2.03. The van der Waals surface area contributed by atoms with Crippen LogP contribution in [0.25, 0.3) is 33.4 Å². The third-order valence-corrected chi connectivity index (χ3v) is 9.83.